The third-order valence-corrected chi connectivity index (χ3v) is 6.27. The van der Waals surface area contributed by atoms with Crippen molar-refractivity contribution in [1.82, 2.24) is 4.98 Å². The van der Waals surface area contributed by atoms with Gasteiger partial charge >= 0.3 is 0 Å². The van der Waals surface area contributed by atoms with Crippen molar-refractivity contribution in [2.75, 3.05) is 11.9 Å². The van der Waals surface area contributed by atoms with Gasteiger partial charge < -0.3 is 10.2 Å². The fourth-order valence-electron chi connectivity index (χ4n) is 3.37. The standard InChI is InChI=1S/C21H20BrN3OS/c22-17-8-6-15(7-9-17)12-20(26)24-21-23-18-10-11-25(14-19(18)27-21)13-16-4-2-1-3-5-16/h1-9H,10-14H2,(H,23,24,26)/p+1. The van der Waals surface area contributed by atoms with E-state index < -0.39 is 0 Å². The number of quaternary nitrogens is 1. The Balaban J connectivity index is 1.36. The van der Waals surface area contributed by atoms with E-state index in [-0.39, 0.29) is 5.91 Å². The topological polar surface area (TPSA) is 46.4 Å². The van der Waals surface area contributed by atoms with Gasteiger partial charge in [-0.3, -0.25) is 4.79 Å². The molecule has 3 aromatic rings. The third kappa shape index (κ3) is 4.83. The van der Waals surface area contributed by atoms with Crippen LogP contribution in [0.15, 0.2) is 59.1 Å². The number of halogens is 1. The number of carbonyl (C=O) groups excluding carboxylic acids is 1. The first-order chi connectivity index (χ1) is 13.2. The van der Waals surface area contributed by atoms with Crippen LogP contribution in [0.25, 0.3) is 0 Å². The van der Waals surface area contributed by atoms with Crippen molar-refractivity contribution in [3.8, 4) is 0 Å². The van der Waals surface area contributed by atoms with Gasteiger partial charge in [-0.2, -0.15) is 0 Å². The Morgan fingerprint density at radius 2 is 1.89 bits per heavy atom. The van der Waals surface area contributed by atoms with Crippen molar-refractivity contribution in [3.05, 3.63) is 80.8 Å². The van der Waals surface area contributed by atoms with Crippen LogP contribution >= 0.6 is 27.3 Å². The first-order valence-corrected chi connectivity index (χ1v) is 10.7. The van der Waals surface area contributed by atoms with Crippen LogP contribution in [0.5, 0.6) is 0 Å². The number of benzene rings is 2. The van der Waals surface area contributed by atoms with Gasteiger partial charge in [-0.25, -0.2) is 4.98 Å². The number of thiazole rings is 1. The molecule has 1 aromatic heterocycles. The van der Waals surface area contributed by atoms with Crippen LogP contribution in [0, 0.1) is 0 Å². The van der Waals surface area contributed by atoms with E-state index in [0.717, 1.165) is 46.9 Å². The molecule has 27 heavy (non-hydrogen) atoms. The number of amides is 1. The van der Waals surface area contributed by atoms with Crippen LogP contribution in [0.2, 0.25) is 0 Å². The number of hydrogen-bond donors (Lipinski definition) is 2. The Morgan fingerprint density at radius 3 is 2.67 bits per heavy atom. The molecule has 2 aromatic carbocycles. The molecule has 1 aliphatic rings. The lowest BCUT2D eigenvalue weighted by Gasteiger charge is -2.22. The minimum Gasteiger partial charge on any atom is -0.326 e. The second kappa shape index (κ2) is 8.33. The van der Waals surface area contributed by atoms with E-state index in [0.29, 0.717) is 6.42 Å². The third-order valence-electron chi connectivity index (χ3n) is 4.73. The van der Waals surface area contributed by atoms with Gasteiger partial charge in [0.15, 0.2) is 5.13 Å². The lowest BCUT2D eigenvalue weighted by molar-refractivity contribution is -0.929. The van der Waals surface area contributed by atoms with Crippen LogP contribution < -0.4 is 10.2 Å². The Kier molecular flexibility index (Phi) is 5.66. The minimum atomic E-state index is -0.0168. The minimum absolute atomic E-state index is 0.0168. The molecule has 138 valence electrons. The number of nitrogens with zero attached hydrogens (tertiary/aromatic N) is 1. The molecule has 1 atom stereocenters. The van der Waals surface area contributed by atoms with Gasteiger partial charge in [-0.15, -0.1) is 0 Å². The normalized spacial score (nSPS) is 16.0. The first kappa shape index (κ1) is 18.3. The zero-order chi connectivity index (χ0) is 18.6. The van der Waals surface area contributed by atoms with Crippen LogP contribution in [-0.4, -0.2) is 17.4 Å². The van der Waals surface area contributed by atoms with Crippen LogP contribution in [-0.2, 0) is 30.7 Å². The Bertz CT molecular complexity index is 924. The highest BCUT2D eigenvalue weighted by molar-refractivity contribution is 9.10. The number of aromatic nitrogens is 1. The molecule has 1 amide bonds. The van der Waals surface area contributed by atoms with E-state index in [1.807, 2.05) is 24.3 Å². The molecule has 0 spiro atoms. The van der Waals surface area contributed by atoms with Crippen molar-refractivity contribution >= 4 is 38.3 Å². The molecule has 2 heterocycles. The van der Waals surface area contributed by atoms with E-state index >= 15 is 0 Å². The number of carbonyl (C=O) groups is 1. The molecule has 0 saturated heterocycles. The quantitative estimate of drug-likeness (QED) is 0.636. The Labute approximate surface area is 171 Å². The van der Waals surface area contributed by atoms with Crippen molar-refractivity contribution in [1.29, 1.82) is 0 Å². The van der Waals surface area contributed by atoms with Gasteiger partial charge in [0.1, 0.15) is 13.1 Å². The van der Waals surface area contributed by atoms with Crippen molar-refractivity contribution in [3.63, 3.8) is 0 Å². The summed E-state index contributed by atoms with van der Waals surface area (Å²) in [6, 6.07) is 18.4. The number of fused-ring (bicyclic) bond motifs is 1. The molecule has 0 radical (unpaired) electrons. The van der Waals surface area contributed by atoms with Crippen LogP contribution in [0.4, 0.5) is 5.13 Å². The molecule has 1 unspecified atom stereocenters. The van der Waals surface area contributed by atoms with Gasteiger partial charge in [-0.05, 0) is 17.7 Å². The maximum absolute atomic E-state index is 12.3. The zero-order valence-electron chi connectivity index (χ0n) is 14.9. The van der Waals surface area contributed by atoms with Gasteiger partial charge in [0, 0.05) is 16.5 Å². The fraction of sp³-hybridized carbons (Fsp3) is 0.238. The van der Waals surface area contributed by atoms with E-state index in [9.17, 15) is 4.79 Å². The summed E-state index contributed by atoms with van der Waals surface area (Å²) in [5, 5.41) is 3.70. The highest BCUT2D eigenvalue weighted by Gasteiger charge is 2.24. The maximum atomic E-state index is 12.3. The molecule has 0 fully saturated rings. The summed E-state index contributed by atoms with van der Waals surface area (Å²) in [6.07, 6.45) is 1.33. The Morgan fingerprint density at radius 1 is 1.11 bits per heavy atom. The molecule has 4 nitrogen and oxygen atoms in total. The lowest BCUT2D eigenvalue weighted by atomic mass is 10.1. The number of nitrogens with one attached hydrogen (secondary N) is 2. The summed E-state index contributed by atoms with van der Waals surface area (Å²) in [6.45, 7) is 3.09. The SMILES string of the molecule is O=C(Cc1ccc(Br)cc1)Nc1nc2c(s1)C[NH+](Cc1ccccc1)CC2. The van der Waals surface area contributed by atoms with Crippen molar-refractivity contribution in [2.24, 2.45) is 0 Å². The monoisotopic (exact) mass is 442 g/mol. The molecular weight excluding hydrogens is 422 g/mol. The molecule has 6 heteroatoms. The zero-order valence-corrected chi connectivity index (χ0v) is 17.3. The highest BCUT2D eigenvalue weighted by Crippen LogP contribution is 2.24. The average Bonchev–Trinajstić information content (AvgIpc) is 3.06. The van der Waals surface area contributed by atoms with Crippen molar-refractivity contribution in [2.45, 2.75) is 25.9 Å². The average molecular weight is 443 g/mol. The summed E-state index contributed by atoms with van der Waals surface area (Å²) in [5.41, 5.74) is 3.51. The van der Waals surface area contributed by atoms with E-state index in [1.54, 1.807) is 16.2 Å². The molecular formula is C21H21BrN3OS+. The summed E-state index contributed by atoms with van der Waals surface area (Å²) in [5.74, 6) is -0.0168. The lowest BCUT2D eigenvalue weighted by Crippen LogP contribution is -3.10. The second-order valence-electron chi connectivity index (χ2n) is 6.83. The summed E-state index contributed by atoms with van der Waals surface area (Å²) < 4.78 is 1.02. The van der Waals surface area contributed by atoms with Crippen molar-refractivity contribution < 1.29 is 9.69 Å². The molecule has 1 aliphatic heterocycles. The summed E-state index contributed by atoms with van der Waals surface area (Å²) in [4.78, 5) is 19.8. The second-order valence-corrected chi connectivity index (χ2v) is 8.83. The molecule has 2 N–H and O–H groups in total. The fourth-order valence-corrected chi connectivity index (χ4v) is 4.73. The number of hydrogen-bond acceptors (Lipinski definition) is 3. The Hall–Kier alpha value is -2.02. The van der Waals surface area contributed by atoms with E-state index in [1.165, 1.54) is 10.4 Å². The summed E-state index contributed by atoms with van der Waals surface area (Å²) in [7, 11) is 0. The van der Waals surface area contributed by atoms with E-state index in [2.05, 4.69) is 56.6 Å². The summed E-state index contributed by atoms with van der Waals surface area (Å²) >= 11 is 5.03. The predicted octanol–water partition coefficient (Wildman–Crippen LogP) is 3.23. The van der Waals surface area contributed by atoms with Crippen LogP contribution in [0.3, 0.4) is 0 Å². The largest absolute Gasteiger partial charge is 0.326 e. The van der Waals surface area contributed by atoms with Gasteiger partial charge in [0.2, 0.25) is 5.91 Å². The molecule has 0 aliphatic carbocycles. The molecule has 0 saturated carbocycles. The van der Waals surface area contributed by atoms with Crippen LogP contribution in [0.1, 0.15) is 21.7 Å². The number of rotatable bonds is 5. The van der Waals surface area contributed by atoms with Gasteiger partial charge in [-0.1, -0.05) is 69.7 Å². The van der Waals surface area contributed by atoms with Gasteiger partial charge in [0.25, 0.3) is 0 Å². The maximum Gasteiger partial charge on any atom is 0.230 e. The predicted molar refractivity (Wildman–Crippen MR) is 112 cm³/mol. The van der Waals surface area contributed by atoms with E-state index in [4.69, 9.17) is 0 Å². The number of anilines is 1. The first-order valence-electron chi connectivity index (χ1n) is 9.06. The smallest absolute Gasteiger partial charge is 0.230 e. The highest BCUT2D eigenvalue weighted by atomic mass is 79.9. The molecule has 4 rings (SSSR count). The molecule has 0 bridgehead atoms. The van der Waals surface area contributed by atoms with Gasteiger partial charge in [0.05, 0.1) is 23.5 Å².